The third kappa shape index (κ3) is 2.29. The van der Waals surface area contributed by atoms with E-state index in [-0.39, 0.29) is 17.5 Å². The van der Waals surface area contributed by atoms with Crippen LogP contribution in [0.4, 0.5) is 0 Å². The van der Waals surface area contributed by atoms with E-state index in [1.165, 1.54) is 25.7 Å². The van der Waals surface area contributed by atoms with Crippen molar-refractivity contribution in [2.24, 2.45) is 29.6 Å². The van der Waals surface area contributed by atoms with Gasteiger partial charge in [-0.25, -0.2) is 0 Å². The first kappa shape index (κ1) is 14.4. The molecule has 2 heteroatoms. The van der Waals surface area contributed by atoms with Crippen molar-refractivity contribution in [2.45, 2.75) is 77.7 Å². The Morgan fingerprint density at radius 1 is 1.10 bits per heavy atom. The lowest BCUT2D eigenvalue weighted by Crippen LogP contribution is -2.40. The first-order valence-electron chi connectivity index (χ1n) is 8.79. The number of fused-ring (bicyclic) bond motifs is 2. The number of carbonyl (C=O) groups excluding carboxylic acids is 1. The van der Waals surface area contributed by atoms with Crippen LogP contribution < -0.4 is 0 Å². The highest BCUT2D eigenvalue weighted by Gasteiger charge is 2.52. The summed E-state index contributed by atoms with van der Waals surface area (Å²) in [6, 6.07) is 0. The quantitative estimate of drug-likeness (QED) is 0.707. The summed E-state index contributed by atoms with van der Waals surface area (Å²) in [4.78, 5) is 12.7. The number of rotatable bonds is 3. The van der Waals surface area contributed by atoms with Crippen LogP contribution >= 0.6 is 0 Å². The molecule has 0 spiro atoms. The van der Waals surface area contributed by atoms with Crippen molar-refractivity contribution in [1.29, 1.82) is 0 Å². The second-order valence-corrected chi connectivity index (χ2v) is 7.74. The van der Waals surface area contributed by atoms with Gasteiger partial charge in [0.2, 0.25) is 0 Å². The second kappa shape index (κ2) is 5.35. The lowest BCUT2D eigenvalue weighted by molar-refractivity contribution is -0.172. The lowest BCUT2D eigenvalue weighted by atomic mass is 9.75. The number of carbonyl (C=O) groups is 1. The van der Waals surface area contributed by atoms with Gasteiger partial charge in [0.05, 0.1) is 5.92 Å². The van der Waals surface area contributed by atoms with E-state index in [2.05, 4.69) is 20.8 Å². The standard InChI is InChI=1S/C18H30O2/c1-4-18(8-6-5-7-9-18)20-17(19)16-11-14-10-15(16)13(3)12(14)2/h12-16H,4-11H2,1-3H3. The molecule has 3 saturated carbocycles. The zero-order chi connectivity index (χ0) is 14.3. The molecule has 114 valence electrons. The van der Waals surface area contributed by atoms with Gasteiger partial charge < -0.3 is 4.74 Å². The normalized spacial score (nSPS) is 42.6. The van der Waals surface area contributed by atoms with Crippen molar-refractivity contribution in [2.75, 3.05) is 0 Å². The third-order valence-corrected chi connectivity index (χ3v) is 6.93. The molecule has 3 fully saturated rings. The van der Waals surface area contributed by atoms with E-state index >= 15 is 0 Å². The molecule has 2 nitrogen and oxygen atoms in total. The van der Waals surface area contributed by atoms with Crippen LogP contribution in [0.2, 0.25) is 0 Å². The van der Waals surface area contributed by atoms with E-state index in [1.54, 1.807) is 0 Å². The Morgan fingerprint density at radius 2 is 1.80 bits per heavy atom. The van der Waals surface area contributed by atoms with Crippen molar-refractivity contribution in [3.63, 3.8) is 0 Å². The highest BCUT2D eigenvalue weighted by atomic mass is 16.6. The predicted octanol–water partition coefficient (Wildman–Crippen LogP) is 4.57. The fourth-order valence-corrected chi connectivity index (χ4v) is 5.22. The number of ether oxygens (including phenoxy) is 1. The number of esters is 1. The van der Waals surface area contributed by atoms with Crippen molar-refractivity contribution in [3.05, 3.63) is 0 Å². The predicted molar refractivity (Wildman–Crippen MR) is 80.2 cm³/mol. The summed E-state index contributed by atoms with van der Waals surface area (Å²) in [6.45, 7) is 6.89. The molecule has 3 rings (SSSR count). The van der Waals surface area contributed by atoms with E-state index in [1.807, 2.05) is 0 Å². The molecule has 0 N–H and O–H groups in total. The molecule has 0 aromatic carbocycles. The summed E-state index contributed by atoms with van der Waals surface area (Å²) in [5.74, 6) is 3.22. The molecule has 0 amide bonds. The average Bonchev–Trinajstić information content (AvgIpc) is 3.01. The summed E-state index contributed by atoms with van der Waals surface area (Å²) in [7, 11) is 0. The zero-order valence-corrected chi connectivity index (χ0v) is 13.4. The van der Waals surface area contributed by atoms with E-state index in [0.717, 1.165) is 37.5 Å². The monoisotopic (exact) mass is 278 g/mol. The van der Waals surface area contributed by atoms with Crippen molar-refractivity contribution < 1.29 is 9.53 Å². The first-order valence-corrected chi connectivity index (χ1v) is 8.79. The third-order valence-electron chi connectivity index (χ3n) is 6.93. The van der Waals surface area contributed by atoms with E-state index in [0.29, 0.717) is 11.8 Å². The Labute approximate surface area is 123 Å². The summed E-state index contributed by atoms with van der Waals surface area (Å²) < 4.78 is 6.11. The molecule has 0 aliphatic heterocycles. The minimum Gasteiger partial charge on any atom is -0.459 e. The fourth-order valence-electron chi connectivity index (χ4n) is 5.22. The van der Waals surface area contributed by atoms with E-state index < -0.39 is 0 Å². The smallest absolute Gasteiger partial charge is 0.309 e. The van der Waals surface area contributed by atoms with Crippen LogP contribution in [0.1, 0.15) is 72.1 Å². The lowest BCUT2D eigenvalue weighted by Gasteiger charge is -2.38. The molecule has 5 unspecified atom stereocenters. The number of hydrogen-bond donors (Lipinski definition) is 0. The Balaban J connectivity index is 1.65. The molecule has 0 heterocycles. The topological polar surface area (TPSA) is 26.3 Å². The van der Waals surface area contributed by atoms with Crippen LogP contribution in [-0.4, -0.2) is 11.6 Å². The summed E-state index contributed by atoms with van der Waals surface area (Å²) >= 11 is 0. The van der Waals surface area contributed by atoms with Gasteiger partial charge in [-0.2, -0.15) is 0 Å². The van der Waals surface area contributed by atoms with Gasteiger partial charge in [0.1, 0.15) is 5.60 Å². The van der Waals surface area contributed by atoms with Gasteiger partial charge in [-0.1, -0.05) is 27.2 Å². The van der Waals surface area contributed by atoms with Crippen molar-refractivity contribution in [3.8, 4) is 0 Å². The van der Waals surface area contributed by atoms with Gasteiger partial charge >= 0.3 is 5.97 Å². The largest absolute Gasteiger partial charge is 0.459 e. The van der Waals surface area contributed by atoms with Crippen LogP contribution in [0.3, 0.4) is 0 Å². The Bertz CT molecular complexity index is 368. The van der Waals surface area contributed by atoms with Gasteiger partial charge in [0, 0.05) is 0 Å². The maximum atomic E-state index is 12.7. The molecule has 3 aliphatic rings. The summed E-state index contributed by atoms with van der Waals surface area (Å²) in [5, 5.41) is 0. The number of hydrogen-bond acceptors (Lipinski definition) is 2. The molecule has 0 radical (unpaired) electrons. The maximum absolute atomic E-state index is 12.7. The van der Waals surface area contributed by atoms with Crippen molar-refractivity contribution >= 4 is 5.97 Å². The molecular formula is C18H30O2. The molecule has 0 saturated heterocycles. The maximum Gasteiger partial charge on any atom is 0.309 e. The molecule has 0 aromatic rings. The van der Waals surface area contributed by atoms with Gasteiger partial charge in [-0.3, -0.25) is 4.79 Å². The minimum absolute atomic E-state index is 0.119. The highest BCUT2D eigenvalue weighted by Crippen LogP contribution is 2.55. The first-order chi connectivity index (χ1) is 9.56. The van der Waals surface area contributed by atoms with Gasteiger partial charge in [0.15, 0.2) is 0 Å². The van der Waals surface area contributed by atoms with Gasteiger partial charge in [-0.15, -0.1) is 0 Å². The van der Waals surface area contributed by atoms with E-state index in [9.17, 15) is 4.79 Å². The molecule has 5 atom stereocenters. The van der Waals surface area contributed by atoms with Crippen LogP contribution in [0, 0.1) is 29.6 Å². The highest BCUT2D eigenvalue weighted by molar-refractivity contribution is 5.74. The van der Waals surface area contributed by atoms with Gasteiger partial charge in [0.25, 0.3) is 0 Å². The van der Waals surface area contributed by atoms with Crippen LogP contribution in [0.25, 0.3) is 0 Å². The molecule has 2 bridgehead atoms. The molecule has 3 aliphatic carbocycles. The van der Waals surface area contributed by atoms with E-state index in [4.69, 9.17) is 4.74 Å². The van der Waals surface area contributed by atoms with Gasteiger partial charge in [-0.05, 0) is 68.6 Å². The van der Waals surface area contributed by atoms with Crippen LogP contribution in [-0.2, 0) is 9.53 Å². The zero-order valence-electron chi connectivity index (χ0n) is 13.4. The molecule has 20 heavy (non-hydrogen) atoms. The van der Waals surface area contributed by atoms with Crippen LogP contribution in [0.15, 0.2) is 0 Å². The minimum atomic E-state index is -0.119. The summed E-state index contributed by atoms with van der Waals surface area (Å²) in [6.07, 6.45) is 9.28. The molecule has 0 aromatic heterocycles. The van der Waals surface area contributed by atoms with Crippen LogP contribution in [0.5, 0.6) is 0 Å². The fraction of sp³-hybridized carbons (Fsp3) is 0.944. The van der Waals surface area contributed by atoms with Crippen molar-refractivity contribution in [1.82, 2.24) is 0 Å². The SMILES string of the molecule is CCC1(OC(=O)C2CC3CC2C(C)C3C)CCCCC1. The summed E-state index contributed by atoms with van der Waals surface area (Å²) in [5.41, 5.74) is -0.119. The molecular weight excluding hydrogens is 248 g/mol. The Morgan fingerprint density at radius 3 is 2.35 bits per heavy atom. The Kier molecular flexibility index (Phi) is 3.85. The average molecular weight is 278 g/mol. The Hall–Kier alpha value is -0.530. The second-order valence-electron chi connectivity index (χ2n) is 7.74.